The molecule has 0 aliphatic carbocycles. The number of ether oxygens (including phenoxy) is 1. The van der Waals surface area contributed by atoms with E-state index in [2.05, 4.69) is 16.0 Å². The van der Waals surface area contributed by atoms with Gasteiger partial charge in [-0.15, -0.1) is 0 Å². The van der Waals surface area contributed by atoms with E-state index >= 15 is 0 Å². The first-order valence-corrected chi connectivity index (χ1v) is 12.2. The molecule has 0 atom stereocenters. The first-order valence-electron chi connectivity index (χ1n) is 11.5. The highest BCUT2D eigenvalue weighted by atomic mass is 35.5. The largest absolute Gasteiger partial charge is 0.492 e. The van der Waals surface area contributed by atoms with Crippen molar-refractivity contribution in [2.24, 2.45) is 0 Å². The van der Waals surface area contributed by atoms with Crippen LogP contribution in [0, 0.1) is 0 Å². The van der Waals surface area contributed by atoms with E-state index < -0.39 is 0 Å². The van der Waals surface area contributed by atoms with Crippen LogP contribution in [-0.2, 0) is 13.0 Å². The molecular weight excluding hydrogens is 469 g/mol. The van der Waals surface area contributed by atoms with Crippen molar-refractivity contribution in [3.05, 3.63) is 94.2 Å². The molecular formula is C27H27Cl2N3O2. The number of carbonyl (C=O) groups is 1. The van der Waals surface area contributed by atoms with Gasteiger partial charge in [-0.25, -0.2) is 4.98 Å². The van der Waals surface area contributed by atoms with E-state index in [0.717, 1.165) is 54.8 Å². The van der Waals surface area contributed by atoms with Crippen LogP contribution >= 0.6 is 23.2 Å². The number of aromatic nitrogens is 2. The number of hydrogen-bond donors (Lipinski definition) is 1. The fourth-order valence-corrected chi connectivity index (χ4v) is 4.15. The summed E-state index contributed by atoms with van der Waals surface area (Å²) in [6, 6.07) is 22.6. The van der Waals surface area contributed by atoms with E-state index in [1.165, 1.54) is 0 Å². The van der Waals surface area contributed by atoms with Gasteiger partial charge in [-0.2, -0.15) is 0 Å². The summed E-state index contributed by atoms with van der Waals surface area (Å²) >= 11 is 12.1. The van der Waals surface area contributed by atoms with Crippen LogP contribution in [0.4, 0.5) is 0 Å². The van der Waals surface area contributed by atoms with Crippen LogP contribution in [0.1, 0.15) is 35.4 Å². The van der Waals surface area contributed by atoms with Crippen LogP contribution in [0.3, 0.4) is 0 Å². The number of para-hydroxylation sites is 3. The molecule has 0 radical (unpaired) electrons. The van der Waals surface area contributed by atoms with Crippen molar-refractivity contribution < 1.29 is 9.53 Å². The molecule has 0 unspecified atom stereocenters. The average molecular weight is 496 g/mol. The molecule has 1 amide bonds. The Morgan fingerprint density at radius 2 is 1.68 bits per heavy atom. The van der Waals surface area contributed by atoms with Crippen molar-refractivity contribution in [3.8, 4) is 5.75 Å². The lowest BCUT2D eigenvalue weighted by molar-refractivity contribution is 0.0953. The van der Waals surface area contributed by atoms with Gasteiger partial charge in [-0.05, 0) is 67.8 Å². The molecule has 34 heavy (non-hydrogen) atoms. The molecule has 1 aromatic heterocycles. The third-order valence-corrected chi connectivity index (χ3v) is 6.14. The number of nitrogens with one attached hydrogen (secondary N) is 1. The summed E-state index contributed by atoms with van der Waals surface area (Å²) in [4.78, 5) is 17.1. The topological polar surface area (TPSA) is 56.2 Å². The Bertz CT molecular complexity index is 1240. The molecule has 0 saturated carbocycles. The van der Waals surface area contributed by atoms with E-state index in [9.17, 15) is 4.79 Å². The van der Waals surface area contributed by atoms with Gasteiger partial charge in [0.25, 0.3) is 5.91 Å². The summed E-state index contributed by atoms with van der Waals surface area (Å²) < 4.78 is 8.10. The highest BCUT2D eigenvalue weighted by molar-refractivity contribution is 6.32. The fourth-order valence-electron chi connectivity index (χ4n) is 3.83. The molecule has 4 aromatic rings. The average Bonchev–Trinajstić information content (AvgIpc) is 3.20. The summed E-state index contributed by atoms with van der Waals surface area (Å²) in [6.07, 6.45) is 3.46. The van der Waals surface area contributed by atoms with Gasteiger partial charge in [0.15, 0.2) is 0 Å². The molecule has 0 aliphatic heterocycles. The summed E-state index contributed by atoms with van der Waals surface area (Å²) in [5.74, 6) is 1.66. The normalized spacial score (nSPS) is 11.0. The Hall–Kier alpha value is -3.02. The Kier molecular flexibility index (Phi) is 8.45. The lowest BCUT2D eigenvalue weighted by Gasteiger charge is -2.11. The van der Waals surface area contributed by atoms with E-state index in [-0.39, 0.29) is 5.91 Å². The van der Waals surface area contributed by atoms with Gasteiger partial charge in [-0.1, -0.05) is 47.5 Å². The second kappa shape index (κ2) is 11.9. The molecule has 4 rings (SSSR count). The number of rotatable bonds is 11. The number of benzene rings is 3. The molecule has 1 heterocycles. The quantitative estimate of drug-likeness (QED) is 0.239. The highest BCUT2D eigenvalue weighted by Crippen LogP contribution is 2.23. The number of hydrogen-bond acceptors (Lipinski definition) is 3. The second-order valence-electron chi connectivity index (χ2n) is 8.02. The third-order valence-electron chi connectivity index (χ3n) is 5.57. The van der Waals surface area contributed by atoms with Crippen molar-refractivity contribution in [2.45, 2.75) is 32.2 Å². The molecule has 0 aliphatic rings. The molecule has 1 N–H and O–H groups in total. The summed E-state index contributed by atoms with van der Waals surface area (Å²) in [7, 11) is 0. The SMILES string of the molecule is O=C(NCCCc1nc2ccccc2n1CCCCOc1ccccc1Cl)c1ccc(Cl)cc1. The van der Waals surface area contributed by atoms with Gasteiger partial charge in [0.2, 0.25) is 0 Å². The molecule has 0 bridgehead atoms. The maximum absolute atomic E-state index is 12.3. The minimum atomic E-state index is -0.0938. The van der Waals surface area contributed by atoms with Crippen molar-refractivity contribution >= 4 is 40.1 Å². The standard InChI is InChI=1S/C27H27Cl2N3O2/c28-21-15-13-20(14-16-21)27(33)30-17-7-12-26-31-23-9-2-3-10-24(23)32(26)18-5-6-19-34-25-11-4-1-8-22(25)29/h1-4,8-11,13-16H,5-7,12,17-19H2,(H,30,33). The minimum Gasteiger partial charge on any atom is -0.492 e. The number of imidazole rings is 1. The van der Waals surface area contributed by atoms with Crippen molar-refractivity contribution in [3.63, 3.8) is 0 Å². The van der Waals surface area contributed by atoms with Crippen LogP contribution in [0.2, 0.25) is 10.0 Å². The molecule has 0 fully saturated rings. The van der Waals surface area contributed by atoms with E-state index in [0.29, 0.717) is 28.8 Å². The molecule has 0 saturated heterocycles. The third kappa shape index (κ3) is 6.31. The van der Waals surface area contributed by atoms with E-state index in [4.69, 9.17) is 32.9 Å². The zero-order valence-corrected chi connectivity index (χ0v) is 20.4. The van der Waals surface area contributed by atoms with Crippen LogP contribution in [0.15, 0.2) is 72.8 Å². The molecule has 7 heteroatoms. The number of nitrogens with zero attached hydrogens (tertiary/aromatic N) is 2. The second-order valence-corrected chi connectivity index (χ2v) is 8.86. The summed E-state index contributed by atoms with van der Waals surface area (Å²) in [6.45, 7) is 2.05. The Morgan fingerprint density at radius 3 is 2.50 bits per heavy atom. The van der Waals surface area contributed by atoms with Crippen LogP contribution in [0.5, 0.6) is 5.75 Å². The Morgan fingerprint density at radius 1 is 0.912 bits per heavy atom. The number of fused-ring (bicyclic) bond motifs is 1. The van der Waals surface area contributed by atoms with Gasteiger partial charge in [0.1, 0.15) is 11.6 Å². The molecule has 176 valence electrons. The maximum atomic E-state index is 12.3. The monoisotopic (exact) mass is 495 g/mol. The number of carbonyl (C=O) groups excluding carboxylic acids is 1. The van der Waals surface area contributed by atoms with Gasteiger partial charge < -0.3 is 14.6 Å². The van der Waals surface area contributed by atoms with Crippen LogP contribution in [0.25, 0.3) is 11.0 Å². The van der Waals surface area contributed by atoms with E-state index in [1.54, 1.807) is 24.3 Å². The number of aryl methyl sites for hydroxylation is 2. The highest BCUT2D eigenvalue weighted by Gasteiger charge is 2.11. The van der Waals surface area contributed by atoms with Gasteiger partial charge in [-0.3, -0.25) is 4.79 Å². The predicted molar refractivity (Wildman–Crippen MR) is 138 cm³/mol. The lowest BCUT2D eigenvalue weighted by Crippen LogP contribution is -2.25. The van der Waals surface area contributed by atoms with Crippen molar-refractivity contribution in [2.75, 3.05) is 13.2 Å². The zero-order valence-electron chi connectivity index (χ0n) is 18.8. The number of halogens is 2. The van der Waals surface area contributed by atoms with Crippen molar-refractivity contribution in [1.29, 1.82) is 0 Å². The Balaban J connectivity index is 1.29. The number of amides is 1. The fraction of sp³-hybridized carbons (Fsp3) is 0.259. The smallest absolute Gasteiger partial charge is 0.251 e. The maximum Gasteiger partial charge on any atom is 0.251 e. The zero-order chi connectivity index (χ0) is 23.8. The predicted octanol–water partition coefficient (Wildman–Crippen LogP) is 6.56. The molecule has 5 nitrogen and oxygen atoms in total. The molecule has 3 aromatic carbocycles. The molecule has 0 spiro atoms. The summed E-state index contributed by atoms with van der Waals surface area (Å²) in [5, 5.41) is 4.22. The van der Waals surface area contributed by atoms with Crippen LogP contribution in [-0.4, -0.2) is 28.6 Å². The van der Waals surface area contributed by atoms with Gasteiger partial charge >= 0.3 is 0 Å². The Labute approximate surface area is 209 Å². The van der Waals surface area contributed by atoms with Gasteiger partial charge in [0, 0.05) is 30.1 Å². The number of unbranched alkanes of at least 4 members (excludes halogenated alkanes) is 1. The minimum absolute atomic E-state index is 0.0938. The van der Waals surface area contributed by atoms with Crippen molar-refractivity contribution in [1.82, 2.24) is 14.9 Å². The first-order chi connectivity index (χ1) is 16.6. The summed E-state index contributed by atoms with van der Waals surface area (Å²) in [5.41, 5.74) is 2.74. The first kappa shape index (κ1) is 24.1. The van der Waals surface area contributed by atoms with Crippen LogP contribution < -0.4 is 10.1 Å². The van der Waals surface area contributed by atoms with Gasteiger partial charge in [0.05, 0.1) is 22.7 Å². The van der Waals surface area contributed by atoms with E-state index in [1.807, 2.05) is 42.5 Å². The lowest BCUT2D eigenvalue weighted by atomic mass is 10.2.